The van der Waals surface area contributed by atoms with Gasteiger partial charge in [-0.15, -0.1) is 0 Å². The fourth-order valence-electron chi connectivity index (χ4n) is 5.19. The minimum atomic E-state index is 0.00835. The molecule has 5 aromatic rings. The predicted molar refractivity (Wildman–Crippen MR) is 137 cm³/mol. The Kier molecular flexibility index (Phi) is 4.19. The lowest BCUT2D eigenvalue weighted by atomic mass is 9.82. The second-order valence-electron chi connectivity index (χ2n) is 9.16. The van der Waals surface area contributed by atoms with Gasteiger partial charge in [0.1, 0.15) is 0 Å². The summed E-state index contributed by atoms with van der Waals surface area (Å²) in [5, 5.41) is 6.21. The average molecular weight is 412 g/mol. The maximum Gasteiger partial charge on any atom is 0.0390 e. The summed E-state index contributed by atoms with van der Waals surface area (Å²) in [7, 11) is 0. The Labute approximate surface area is 189 Å². The summed E-state index contributed by atoms with van der Waals surface area (Å²) >= 11 is 0. The Morgan fingerprint density at radius 2 is 1.22 bits per heavy atom. The summed E-state index contributed by atoms with van der Waals surface area (Å²) in [5.41, 5.74) is 10.2. The Balaban J connectivity index is 1.37. The number of hydrogen-bond acceptors (Lipinski definition) is 1. The van der Waals surface area contributed by atoms with Crippen LogP contribution in [0.15, 0.2) is 109 Å². The van der Waals surface area contributed by atoms with Crippen LogP contribution in [0.2, 0.25) is 0 Å². The molecule has 154 valence electrons. The van der Waals surface area contributed by atoms with Crippen molar-refractivity contribution in [1.29, 1.82) is 0 Å². The topological polar surface area (TPSA) is 12.0 Å². The summed E-state index contributed by atoms with van der Waals surface area (Å²) in [5.74, 6) is 0. The highest BCUT2D eigenvalue weighted by molar-refractivity contribution is 5.97. The molecule has 32 heavy (non-hydrogen) atoms. The summed E-state index contributed by atoms with van der Waals surface area (Å²) < 4.78 is 0. The molecule has 0 aliphatic heterocycles. The van der Waals surface area contributed by atoms with Gasteiger partial charge in [-0.2, -0.15) is 0 Å². The molecule has 0 aromatic heterocycles. The van der Waals surface area contributed by atoms with E-state index in [2.05, 4.69) is 128 Å². The van der Waals surface area contributed by atoms with E-state index in [-0.39, 0.29) is 5.41 Å². The number of rotatable bonds is 3. The molecule has 0 spiro atoms. The first kappa shape index (κ1) is 18.9. The molecular formula is C31H25N. The zero-order valence-corrected chi connectivity index (χ0v) is 18.4. The zero-order valence-electron chi connectivity index (χ0n) is 18.4. The van der Waals surface area contributed by atoms with Gasteiger partial charge in [-0.1, -0.05) is 98.8 Å². The van der Waals surface area contributed by atoms with E-state index in [1.165, 1.54) is 44.2 Å². The fraction of sp³-hybridized carbons (Fsp3) is 0.0968. The SMILES string of the molecule is CC1(C)c2ccccc2-c2ccc(Nc3cccc(-c4cccc5ccccc45)c3)cc21. The van der Waals surface area contributed by atoms with E-state index in [9.17, 15) is 0 Å². The summed E-state index contributed by atoms with van der Waals surface area (Å²) in [6.07, 6.45) is 0. The van der Waals surface area contributed by atoms with Crippen LogP contribution < -0.4 is 5.32 Å². The molecule has 0 saturated heterocycles. The van der Waals surface area contributed by atoms with Gasteiger partial charge in [0, 0.05) is 16.8 Å². The zero-order chi connectivity index (χ0) is 21.7. The lowest BCUT2D eigenvalue weighted by Gasteiger charge is -2.22. The van der Waals surface area contributed by atoms with Crippen LogP contribution in [-0.2, 0) is 5.41 Å². The first-order valence-corrected chi connectivity index (χ1v) is 11.2. The third-order valence-electron chi connectivity index (χ3n) is 6.84. The van der Waals surface area contributed by atoms with Crippen molar-refractivity contribution in [2.24, 2.45) is 0 Å². The van der Waals surface area contributed by atoms with Crippen molar-refractivity contribution in [2.45, 2.75) is 19.3 Å². The molecule has 0 radical (unpaired) electrons. The van der Waals surface area contributed by atoms with E-state index in [1.807, 2.05) is 0 Å². The molecule has 0 fully saturated rings. The van der Waals surface area contributed by atoms with Gasteiger partial charge in [-0.25, -0.2) is 0 Å². The Bertz CT molecular complexity index is 1470. The third-order valence-corrected chi connectivity index (χ3v) is 6.84. The van der Waals surface area contributed by atoms with E-state index in [0.717, 1.165) is 11.4 Å². The summed E-state index contributed by atoms with van der Waals surface area (Å²) in [6.45, 7) is 4.64. The number of anilines is 2. The van der Waals surface area contributed by atoms with Gasteiger partial charge in [-0.3, -0.25) is 0 Å². The fourth-order valence-corrected chi connectivity index (χ4v) is 5.19. The van der Waals surface area contributed by atoms with Crippen LogP contribution in [0.3, 0.4) is 0 Å². The van der Waals surface area contributed by atoms with Crippen LogP contribution >= 0.6 is 0 Å². The molecule has 1 aliphatic rings. The van der Waals surface area contributed by atoms with Crippen LogP contribution in [0.1, 0.15) is 25.0 Å². The van der Waals surface area contributed by atoms with Crippen LogP contribution in [0, 0.1) is 0 Å². The third kappa shape index (κ3) is 2.93. The molecule has 0 saturated carbocycles. The minimum absolute atomic E-state index is 0.00835. The molecule has 0 unspecified atom stereocenters. The minimum Gasteiger partial charge on any atom is -0.356 e. The maximum absolute atomic E-state index is 3.66. The van der Waals surface area contributed by atoms with Crippen molar-refractivity contribution in [3.63, 3.8) is 0 Å². The predicted octanol–water partition coefficient (Wildman–Crippen LogP) is 8.56. The lowest BCUT2D eigenvalue weighted by Crippen LogP contribution is -2.15. The first-order chi connectivity index (χ1) is 15.6. The number of hydrogen-bond donors (Lipinski definition) is 1. The molecule has 6 rings (SSSR count). The first-order valence-electron chi connectivity index (χ1n) is 11.2. The lowest BCUT2D eigenvalue weighted by molar-refractivity contribution is 0.660. The van der Waals surface area contributed by atoms with Crippen molar-refractivity contribution < 1.29 is 0 Å². The quantitative estimate of drug-likeness (QED) is 0.313. The van der Waals surface area contributed by atoms with Crippen LogP contribution in [0.5, 0.6) is 0 Å². The smallest absolute Gasteiger partial charge is 0.0390 e. The molecule has 0 bridgehead atoms. The number of benzene rings is 5. The van der Waals surface area contributed by atoms with Gasteiger partial charge in [0.2, 0.25) is 0 Å². The largest absolute Gasteiger partial charge is 0.356 e. The molecule has 1 heteroatoms. The van der Waals surface area contributed by atoms with E-state index >= 15 is 0 Å². The normalized spacial score (nSPS) is 13.6. The number of fused-ring (bicyclic) bond motifs is 4. The van der Waals surface area contributed by atoms with Gasteiger partial charge < -0.3 is 5.32 Å². The van der Waals surface area contributed by atoms with Gasteiger partial charge in [0.15, 0.2) is 0 Å². The molecular weight excluding hydrogens is 386 g/mol. The van der Waals surface area contributed by atoms with E-state index in [0.29, 0.717) is 0 Å². The van der Waals surface area contributed by atoms with Crippen molar-refractivity contribution in [2.75, 3.05) is 5.32 Å². The standard InChI is InChI=1S/C31H25N/c1-31(2)29-16-6-5-14-27(29)28-18-17-24(20-30(28)31)32-23-12-7-11-22(19-23)26-15-8-10-21-9-3-4-13-25(21)26/h3-20,32H,1-2H3. The van der Waals surface area contributed by atoms with E-state index < -0.39 is 0 Å². The summed E-state index contributed by atoms with van der Waals surface area (Å²) in [4.78, 5) is 0. The maximum atomic E-state index is 3.66. The Morgan fingerprint density at radius 3 is 2.16 bits per heavy atom. The van der Waals surface area contributed by atoms with E-state index in [4.69, 9.17) is 0 Å². The van der Waals surface area contributed by atoms with Crippen molar-refractivity contribution in [1.82, 2.24) is 0 Å². The molecule has 0 atom stereocenters. The average Bonchev–Trinajstić information content (AvgIpc) is 3.06. The van der Waals surface area contributed by atoms with Crippen LogP contribution in [0.4, 0.5) is 11.4 Å². The Hall–Kier alpha value is -3.84. The molecule has 0 amide bonds. The summed E-state index contributed by atoms with van der Waals surface area (Å²) in [6, 6.07) is 39.4. The highest BCUT2D eigenvalue weighted by atomic mass is 14.9. The van der Waals surface area contributed by atoms with Gasteiger partial charge in [0.05, 0.1) is 0 Å². The number of nitrogens with one attached hydrogen (secondary N) is 1. The molecule has 1 N–H and O–H groups in total. The monoisotopic (exact) mass is 411 g/mol. The van der Waals surface area contributed by atoms with Crippen LogP contribution in [0.25, 0.3) is 33.0 Å². The van der Waals surface area contributed by atoms with Crippen LogP contribution in [-0.4, -0.2) is 0 Å². The van der Waals surface area contributed by atoms with Gasteiger partial charge >= 0.3 is 0 Å². The van der Waals surface area contributed by atoms with Crippen molar-refractivity contribution in [3.05, 3.63) is 120 Å². The molecule has 5 aromatic carbocycles. The second-order valence-corrected chi connectivity index (χ2v) is 9.16. The molecule has 0 heterocycles. The highest BCUT2D eigenvalue weighted by Crippen LogP contribution is 2.49. The molecule has 1 nitrogen and oxygen atoms in total. The van der Waals surface area contributed by atoms with E-state index in [1.54, 1.807) is 0 Å². The molecule has 1 aliphatic carbocycles. The van der Waals surface area contributed by atoms with Gasteiger partial charge in [-0.05, 0) is 68.4 Å². The Morgan fingerprint density at radius 1 is 0.531 bits per heavy atom. The van der Waals surface area contributed by atoms with Gasteiger partial charge in [0.25, 0.3) is 0 Å². The van der Waals surface area contributed by atoms with Crippen molar-refractivity contribution >= 4 is 22.1 Å². The van der Waals surface area contributed by atoms with Crippen molar-refractivity contribution in [3.8, 4) is 22.3 Å². The second kappa shape index (κ2) is 7.10. The highest BCUT2D eigenvalue weighted by Gasteiger charge is 2.35.